The Morgan fingerprint density at radius 1 is 1.05 bits per heavy atom. The Hall–Kier alpha value is -2.69. The van der Waals surface area contributed by atoms with Crippen molar-refractivity contribution in [1.29, 1.82) is 0 Å². The summed E-state index contributed by atoms with van der Waals surface area (Å²) in [5.41, 5.74) is 5.68. The van der Waals surface area contributed by atoms with Crippen molar-refractivity contribution in [3.63, 3.8) is 0 Å². The predicted octanol–water partition coefficient (Wildman–Crippen LogP) is 5.44. The van der Waals surface area contributed by atoms with Crippen LogP contribution in [-0.4, -0.2) is 56.7 Å². The maximum Gasteiger partial charge on any atom is 0.243 e. The molecule has 2 N–H and O–H groups in total. The highest BCUT2D eigenvalue weighted by molar-refractivity contribution is 7.90. The fraction of sp³-hybridized carbons (Fsp3) is 0.345. The number of hydrogen-bond acceptors (Lipinski definition) is 7. The number of thiophene rings is 1. The third-order valence-electron chi connectivity index (χ3n) is 6.61. The molecule has 2 aromatic carbocycles. The molecule has 39 heavy (non-hydrogen) atoms. The van der Waals surface area contributed by atoms with Crippen molar-refractivity contribution in [2.75, 3.05) is 24.4 Å². The van der Waals surface area contributed by atoms with Gasteiger partial charge in [-0.15, -0.1) is 11.3 Å². The molecular formula is C29H35ClN4O3S2. The second-order valence-electron chi connectivity index (χ2n) is 10.1. The van der Waals surface area contributed by atoms with E-state index in [1.807, 2.05) is 53.5 Å². The fourth-order valence-electron chi connectivity index (χ4n) is 4.68. The molecular weight excluding hydrogens is 552 g/mol. The molecule has 1 aliphatic rings. The minimum atomic E-state index is -3.32. The first kappa shape index (κ1) is 29.3. The van der Waals surface area contributed by atoms with Gasteiger partial charge >= 0.3 is 0 Å². The van der Waals surface area contributed by atoms with E-state index in [9.17, 15) is 13.2 Å². The number of anilines is 1. The van der Waals surface area contributed by atoms with Gasteiger partial charge in [0.2, 0.25) is 5.91 Å². The smallest absolute Gasteiger partial charge is 0.243 e. The van der Waals surface area contributed by atoms with Crippen LogP contribution >= 0.6 is 22.9 Å². The van der Waals surface area contributed by atoms with Gasteiger partial charge in [-0.2, -0.15) is 0 Å². The second-order valence-corrected chi connectivity index (χ2v) is 13.6. The number of hydrogen-bond donors (Lipinski definition) is 2. The molecule has 1 aromatic heterocycles. The van der Waals surface area contributed by atoms with Gasteiger partial charge in [-0.25, -0.2) is 13.8 Å². The molecule has 0 aliphatic carbocycles. The number of hydrazine groups is 1. The monoisotopic (exact) mass is 586 g/mol. The number of sulfone groups is 1. The first-order valence-corrected chi connectivity index (χ1v) is 16.0. The van der Waals surface area contributed by atoms with Crippen molar-refractivity contribution in [2.24, 2.45) is 0 Å². The number of benzene rings is 2. The summed E-state index contributed by atoms with van der Waals surface area (Å²) in [4.78, 5) is 17.7. The van der Waals surface area contributed by atoms with Crippen LogP contribution in [0.1, 0.15) is 32.6 Å². The lowest BCUT2D eigenvalue weighted by atomic mass is 10.2. The predicted molar refractivity (Wildman–Crippen MR) is 162 cm³/mol. The molecule has 0 saturated carbocycles. The van der Waals surface area contributed by atoms with E-state index >= 15 is 0 Å². The van der Waals surface area contributed by atoms with E-state index in [4.69, 9.17) is 11.6 Å². The number of nitrogens with one attached hydrogen (secondary N) is 2. The van der Waals surface area contributed by atoms with Crippen LogP contribution in [0, 0.1) is 0 Å². The topological polar surface area (TPSA) is 81.8 Å². The van der Waals surface area contributed by atoms with Gasteiger partial charge in [0.15, 0.2) is 9.84 Å². The fourth-order valence-corrected chi connectivity index (χ4v) is 6.58. The summed E-state index contributed by atoms with van der Waals surface area (Å²) >= 11 is 8.08. The lowest BCUT2D eigenvalue weighted by Crippen LogP contribution is -2.48. The summed E-state index contributed by atoms with van der Waals surface area (Å²) < 4.78 is 24.1. The van der Waals surface area contributed by atoms with Gasteiger partial charge in [-0.1, -0.05) is 35.9 Å². The van der Waals surface area contributed by atoms with E-state index in [0.29, 0.717) is 23.7 Å². The Kier molecular flexibility index (Phi) is 9.18. The Balaban J connectivity index is 1.60. The van der Waals surface area contributed by atoms with E-state index in [1.165, 1.54) is 17.6 Å². The average Bonchev–Trinajstić information content (AvgIpc) is 3.54. The quantitative estimate of drug-likeness (QED) is 0.329. The van der Waals surface area contributed by atoms with E-state index < -0.39 is 15.9 Å². The van der Waals surface area contributed by atoms with Gasteiger partial charge in [0, 0.05) is 36.3 Å². The van der Waals surface area contributed by atoms with Gasteiger partial charge in [0.1, 0.15) is 6.04 Å². The molecule has 3 aromatic rings. The summed E-state index contributed by atoms with van der Waals surface area (Å²) in [5.74, 6) is -0.118. The number of carbonyl (C=O) groups is 1. The van der Waals surface area contributed by atoms with Crippen LogP contribution in [0.15, 0.2) is 71.6 Å². The summed E-state index contributed by atoms with van der Waals surface area (Å²) in [6.45, 7) is 9.93. The molecule has 0 bridgehead atoms. The van der Waals surface area contributed by atoms with E-state index in [1.54, 1.807) is 18.2 Å². The lowest BCUT2D eigenvalue weighted by Gasteiger charge is -2.30. The zero-order chi connectivity index (χ0) is 28.3. The summed E-state index contributed by atoms with van der Waals surface area (Å²) in [5, 5.41) is 5.48. The van der Waals surface area contributed by atoms with Crippen molar-refractivity contribution in [3.05, 3.63) is 76.6 Å². The lowest BCUT2D eigenvalue weighted by molar-refractivity contribution is -0.122. The molecule has 0 radical (unpaired) electrons. The molecule has 2 heterocycles. The molecule has 1 aliphatic heterocycles. The summed E-state index contributed by atoms with van der Waals surface area (Å²) in [7, 11) is -3.32. The van der Waals surface area contributed by atoms with Crippen molar-refractivity contribution in [2.45, 2.75) is 50.7 Å². The van der Waals surface area contributed by atoms with Gasteiger partial charge < -0.3 is 5.32 Å². The van der Waals surface area contributed by atoms with Gasteiger partial charge in [-0.05, 0) is 75.7 Å². The number of rotatable bonds is 10. The average molecular weight is 587 g/mol. The molecule has 0 fully saturated rings. The first-order chi connectivity index (χ1) is 18.5. The van der Waals surface area contributed by atoms with Crippen LogP contribution < -0.4 is 15.8 Å². The van der Waals surface area contributed by atoms with Crippen molar-refractivity contribution >= 4 is 50.1 Å². The Labute approximate surface area is 240 Å². The SMILES string of the molecule is CC(C)N(CCNC(=O)C1C=C(c2ccc(-c3cccc(S(C)(=O)=O)c3)s2)N(c2ccccc2Cl)N1)C(C)C. The van der Waals surface area contributed by atoms with Crippen LogP contribution in [0.25, 0.3) is 16.1 Å². The zero-order valence-corrected chi connectivity index (χ0v) is 25.2. The molecule has 4 rings (SSSR count). The van der Waals surface area contributed by atoms with Gasteiger partial charge in [-0.3, -0.25) is 14.7 Å². The minimum absolute atomic E-state index is 0.118. The normalized spacial score (nSPS) is 15.9. The maximum atomic E-state index is 13.2. The van der Waals surface area contributed by atoms with E-state index in [-0.39, 0.29) is 10.8 Å². The number of nitrogens with zero attached hydrogens (tertiary/aromatic N) is 2. The highest BCUT2D eigenvalue weighted by Gasteiger charge is 2.31. The number of carbonyl (C=O) groups excluding carboxylic acids is 1. The van der Waals surface area contributed by atoms with Crippen LogP contribution in [0.3, 0.4) is 0 Å². The van der Waals surface area contributed by atoms with Gasteiger partial charge in [0.05, 0.1) is 26.2 Å². The summed E-state index contributed by atoms with van der Waals surface area (Å²) in [6.07, 6.45) is 3.11. The van der Waals surface area contributed by atoms with Crippen LogP contribution in [0.4, 0.5) is 5.69 Å². The maximum absolute atomic E-state index is 13.2. The molecule has 0 saturated heterocycles. The molecule has 208 valence electrons. The molecule has 1 atom stereocenters. The van der Waals surface area contributed by atoms with Gasteiger partial charge in [0.25, 0.3) is 0 Å². The number of halogens is 1. The minimum Gasteiger partial charge on any atom is -0.353 e. The highest BCUT2D eigenvalue weighted by atomic mass is 35.5. The first-order valence-electron chi connectivity index (χ1n) is 12.9. The molecule has 0 spiro atoms. The Morgan fingerprint density at radius 2 is 1.74 bits per heavy atom. The van der Waals surface area contributed by atoms with Crippen LogP contribution in [-0.2, 0) is 14.6 Å². The zero-order valence-electron chi connectivity index (χ0n) is 22.8. The van der Waals surface area contributed by atoms with E-state index in [2.05, 4.69) is 43.3 Å². The Bertz CT molecular complexity index is 1460. The van der Waals surface area contributed by atoms with E-state index in [0.717, 1.165) is 33.2 Å². The van der Waals surface area contributed by atoms with Crippen molar-refractivity contribution < 1.29 is 13.2 Å². The van der Waals surface area contributed by atoms with Crippen LogP contribution in [0.2, 0.25) is 5.02 Å². The largest absolute Gasteiger partial charge is 0.353 e. The van der Waals surface area contributed by atoms with Crippen molar-refractivity contribution in [3.8, 4) is 10.4 Å². The van der Waals surface area contributed by atoms with Crippen LogP contribution in [0.5, 0.6) is 0 Å². The third kappa shape index (κ3) is 6.91. The number of amides is 1. The molecule has 7 nitrogen and oxygen atoms in total. The summed E-state index contributed by atoms with van der Waals surface area (Å²) in [6, 6.07) is 18.5. The molecule has 1 amide bonds. The van der Waals surface area contributed by atoms with Crippen molar-refractivity contribution in [1.82, 2.24) is 15.6 Å². The highest BCUT2D eigenvalue weighted by Crippen LogP contribution is 2.39. The second kappa shape index (κ2) is 12.2. The third-order valence-corrected chi connectivity index (χ3v) is 9.20. The molecule has 10 heteroatoms. The Morgan fingerprint density at radius 3 is 2.41 bits per heavy atom. The standard InChI is InChI=1S/C29H35ClN4O3S2/c1-19(2)33(20(3)4)16-15-31-29(35)24-18-26(34(32-24)25-12-7-6-11-23(25)30)28-14-13-27(38-28)21-9-8-10-22(17-21)39(5,36)37/h6-14,17-20,24,32H,15-16H2,1-5H3,(H,31,35). The number of para-hydroxylation sites is 1. The molecule has 1 unspecified atom stereocenters.